The van der Waals surface area contributed by atoms with Gasteiger partial charge in [0.1, 0.15) is 0 Å². The van der Waals surface area contributed by atoms with Crippen molar-refractivity contribution in [3.63, 3.8) is 0 Å². The zero-order valence-corrected chi connectivity index (χ0v) is 8.03. The summed E-state index contributed by atoms with van der Waals surface area (Å²) in [5.74, 6) is -0.0944. The van der Waals surface area contributed by atoms with Crippen LogP contribution in [0.5, 0.6) is 11.5 Å². The van der Waals surface area contributed by atoms with Crippen molar-refractivity contribution in [3.05, 3.63) is 23.8 Å². The van der Waals surface area contributed by atoms with Crippen molar-refractivity contribution in [1.82, 2.24) is 0 Å². The first-order valence-electron chi connectivity index (χ1n) is 4.90. The lowest BCUT2D eigenvalue weighted by Crippen LogP contribution is -2.13. The Labute approximate surface area is 83.2 Å². The minimum Gasteiger partial charge on any atom is -0.504 e. The zero-order chi connectivity index (χ0) is 10.2. The van der Waals surface area contributed by atoms with Crippen LogP contribution >= 0.6 is 0 Å². The van der Waals surface area contributed by atoms with E-state index in [-0.39, 0.29) is 16.9 Å². The van der Waals surface area contributed by atoms with Crippen LogP contribution in [0.2, 0.25) is 0 Å². The standard InChI is InChI=1S/C11H15NO2/c12-6-5-11(3-4-11)8-1-2-9(13)10(14)7-8/h1-2,7,13-14H,3-6,12H2. The van der Waals surface area contributed by atoms with E-state index in [1.165, 1.54) is 0 Å². The molecule has 0 unspecified atom stereocenters. The third kappa shape index (κ3) is 1.44. The maximum atomic E-state index is 9.38. The van der Waals surface area contributed by atoms with E-state index in [0.29, 0.717) is 6.54 Å². The van der Waals surface area contributed by atoms with Gasteiger partial charge in [0.25, 0.3) is 0 Å². The quantitative estimate of drug-likeness (QED) is 0.637. The van der Waals surface area contributed by atoms with Gasteiger partial charge in [-0.25, -0.2) is 0 Å². The highest BCUT2D eigenvalue weighted by Crippen LogP contribution is 2.51. The smallest absolute Gasteiger partial charge is 0.157 e. The zero-order valence-electron chi connectivity index (χ0n) is 8.03. The topological polar surface area (TPSA) is 66.5 Å². The molecular weight excluding hydrogens is 178 g/mol. The van der Waals surface area contributed by atoms with Gasteiger partial charge >= 0.3 is 0 Å². The molecule has 1 aromatic carbocycles. The van der Waals surface area contributed by atoms with Crippen LogP contribution in [0, 0.1) is 0 Å². The van der Waals surface area contributed by atoms with Gasteiger partial charge in [-0.3, -0.25) is 0 Å². The number of nitrogens with two attached hydrogens (primary N) is 1. The third-order valence-electron chi connectivity index (χ3n) is 3.06. The number of phenols is 2. The van der Waals surface area contributed by atoms with Gasteiger partial charge in [0.2, 0.25) is 0 Å². The number of rotatable bonds is 3. The maximum absolute atomic E-state index is 9.38. The van der Waals surface area contributed by atoms with Crippen LogP contribution in [-0.2, 0) is 5.41 Å². The van der Waals surface area contributed by atoms with E-state index in [1.807, 2.05) is 6.07 Å². The van der Waals surface area contributed by atoms with E-state index in [0.717, 1.165) is 24.8 Å². The molecule has 3 nitrogen and oxygen atoms in total. The first-order chi connectivity index (χ1) is 6.68. The molecule has 0 radical (unpaired) electrons. The third-order valence-corrected chi connectivity index (χ3v) is 3.06. The average Bonchev–Trinajstić information content (AvgIpc) is 2.91. The Hall–Kier alpha value is -1.22. The van der Waals surface area contributed by atoms with E-state index in [4.69, 9.17) is 5.73 Å². The highest BCUT2D eigenvalue weighted by atomic mass is 16.3. The number of aromatic hydroxyl groups is 2. The predicted molar refractivity (Wildman–Crippen MR) is 54.4 cm³/mol. The molecule has 3 heteroatoms. The second-order valence-electron chi connectivity index (χ2n) is 4.02. The van der Waals surface area contributed by atoms with E-state index in [9.17, 15) is 10.2 Å². The molecule has 1 aliphatic carbocycles. The average molecular weight is 193 g/mol. The van der Waals surface area contributed by atoms with Gasteiger partial charge in [-0.15, -0.1) is 0 Å². The van der Waals surface area contributed by atoms with Gasteiger partial charge in [0.15, 0.2) is 11.5 Å². The van der Waals surface area contributed by atoms with Gasteiger partial charge in [-0.05, 0) is 48.9 Å². The molecule has 1 aliphatic rings. The highest BCUT2D eigenvalue weighted by molar-refractivity contribution is 5.45. The van der Waals surface area contributed by atoms with Crippen molar-refractivity contribution in [2.24, 2.45) is 5.73 Å². The summed E-state index contributed by atoms with van der Waals surface area (Å²) in [6.07, 6.45) is 3.22. The van der Waals surface area contributed by atoms with E-state index >= 15 is 0 Å². The molecule has 0 atom stereocenters. The number of hydrogen-bond donors (Lipinski definition) is 3. The van der Waals surface area contributed by atoms with Crippen molar-refractivity contribution in [1.29, 1.82) is 0 Å². The molecule has 0 aromatic heterocycles. The summed E-state index contributed by atoms with van der Waals surface area (Å²) in [5.41, 5.74) is 6.82. The van der Waals surface area contributed by atoms with Gasteiger partial charge in [0, 0.05) is 0 Å². The molecular formula is C11H15NO2. The molecule has 1 saturated carbocycles. The van der Waals surface area contributed by atoms with Crippen LogP contribution < -0.4 is 5.73 Å². The lowest BCUT2D eigenvalue weighted by atomic mass is 9.92. The fourth-order valence-electron chi connectivity index (χ4n) is 1.96. The fourth-order valence-corrected chi connectivity index (χ4v) is 1.96. The molecule has 1 aromatic rings. The monoisotopic (exact) mass is 193 g/mol. The molecule has 0 bridgehead atoms. The second-order valence-corrected chi connectivity index (χ2v) is 4.02. The largest absolute Gasteiger partial charge is 0.504 e. The Morgan fingerprint density at radius 1 is 1.21 bits per heavy atom. The fraction of sp³-hybridized carbons (Fsp3) is 0.455. The summed E-state index contributed by atoms with van der Waals surface area (Å²) in [6.45, 7) is 0.668. The minimum absolute atomic E-state index is 0.0363. The summed E-state index contributed by atoms with van der Waals surface area (Å²) >= 11 is 0. The van der Waals surface area contributed by atoms with Crippen molar-refractivity contribution < 1.29 is 10.2 Å². The summed E-state index contributed by atoms with van der Waals surface area (Å²) in [6, 6.07) is 5.07. The molecule has 14 heavy (non-hydrogen) atoms. The SMILES string of the molecule is NCCC1(c2ccc(O)c(O)c2)CC1. The maximum Gasteiger partial charge on any atom is 0.157 e. The summed E-state index contributed by atoms with van der Waals surface area (Å²) in [7, 11) is 0. The Bertz CT molecular complexity index is 345. The van der Waals surface area contributed by atoms with Crippen LogP contribution in [0.1, 0.15) is 24.8 Å². The van der Waals surface area contributed by atoms with Gasteiger partial charge in [-0.1, -0.05) is 6.07 Å². The van der Waals surface area contributed by atoms with E-state index < -0.39 is 0 Å². The lowest BCUT2D eigenvalue weighted by molar-refractivity contribution is 0.402. The highest BCUT2D eigenvalue weighted by Gasteiger charge is 2.43. The molecule has 0 saturated heterocycles. The molecule has 1 fully saturated rings. The van der Waals surface area contributed by atoms with Crippen molar-refractivity contribution in [2.45, 2.75) is 24.7 Å². The van der Waals surface area contributed by atoms with Crippen LogP contribution in [0.15, 0.2) is 18.2 Å². The van der Waals surface area contributed by atoms with E-state index in [2.05, 4.69) is 0 Å². The molecule has 4 N–H and O–H groups in total. The minimum atomic E-state index is -0.0581. The predicted octanol–water partition coefficient (Wildman–Crippen LogP) is 1.48. The Morgan fingerprint density at radius 2 is 1.93 bits per heavy atom. The Balaban J connectivity index is 2.28. The summed E-state index contributed by atoms with van der Waals surface area (Å²) in [4.78, 5) is 0. The van der Waals surface area contributed by atoms with Crippen LogP contribution in [0.4, 0.5) is 0 Å². The first kappa shape index (κ1) is 9.34. The van der Waals surface area contributed by atoms with Gasteiger partial charge in [0.05, 0.1) is 0 Å². The summed E-state index contributed by atoms with van der Waals surface area (Å²) < 4.78 is 0. The van der Waals surface area contributed by atoms with Gasteiger partial charge in [-0.2, -0.15) is 0 Å². The molecule has 0 aliphatic heterocycles. The van der Waals surface area contributed by atoms with Gasteiger partial charge < -0.3 is 15.9 Å². The van der Waals surface area contributed by atoms with Crippen molar-refractivity contribution >= 4 is 0 Å². The molecule has 2 rings (SSSR count). The van der Waals surface area contributed by atoms with Crippen LogP contribution in [-0.4, -0.2) is 16.8 Å². The lowest BCUT2D eigenvalue weighted by Gasteiger charge is -2.14. The van der Waals surface area contributed by atoms with Crippen LogP contribution in [0.3, 0.4) is 0 Å². The second kappa shape index (κ2) is 3.17. The normalized spacial score (nSPS) is 18.1. The Morgan fingerprint density at radius 3 is 2.43 bits per heavy atom. The molecule has 0 heterocycles. The first-order valence-corrected chi connectivity index (χ1v) is 4.90. The molecule has 0 amide bonds. The number of benzene rings is 1. The summed E-state index contributed by atoms with van der Waals surface area (Å²) in [5, 5.41) is 18.6. The number of hydrogen-bond acceptors (Lipinski definition) is 3. The van der Waals surface area contributed by atoms with E-state index in [1.54, 1.807) is 12.1 Å². The van der Waals surface area contributed by atoms with Crippen molar-refractivity contribution in [2.75, 3.05) is 6.54 Å². The van der Waals surface area contributed by atoms with Crippen LogP contribution in [0.25, 0.3) is 0 Å². The Kier molecular flexibility index (Phi) is 2.11. The molecule has 0 spiro atoms. The molecule has 76 valence electrons. The van der Waals surface area contributed by atoms with Crippen molar-refractivity contribution in [3.8, 4) is 11.5 Å². The number of phenolic OH excluding ortho intramolecular Hbond substituents is 2.